The minimum atomic E-state index is -0.377. The Labute approximate surface area is 103 Å². The van der Waals surface area contributed by atoms with Gasteiger partial charge in [-0.15, -0.1) is 0 Å². The first kappa shape index (κ1) is 12.0. The molecule has 5 heteroatoms. The average molecular weight is 245 g/mol. The molecule has 0 aliphatic heterocycles. The quantitative estimate of drug-likeness (QED) is 0.471. The second kappa shape index (κ2) is 4.83. The molecule has 1 heterocycles. The van der Waals surface area contributed by atoms with Gasteiger partial charge in [-0.1, -0.05) is 0 Å². The van der Waals surface area contributed by atoms with Crippen LogP contribution < -0.4 is 4.74 Å². The molecule has 0 unspecified atom stereocenters. The van der Waals surface area contributed by atoms with Crippen molar-refractivity contribution in [3.05, 3.63) is 35.7 Å². The van der Waals surface area contributed by atoms with Crippen LogP contribution in [-0.2, 0) is 4.79 Å². The Morgan fingerprint density at radius 3 is 2.50 bits per heavy atom. The summed E-state index contributed by atoms with van der Waals surface area (Å²) >= 11 is 0. The van der Waals surface area contributed by atoms with Crippen LogP contribution in [0.1, 0.15) is 23.2 Å². The number of aldehydes is 1. The molecule has 92 valence electrons. The predicted octanol–water partition coefficient (Wildman–Crippen LogP) is 2.39. The molecule has 2 aromatic rings. The third-order valence-electron chi connectivity index (χ3n) is 2.30. The molecular formula is C13H11NO4. The van der Waals surface area contributed by atoms with Crippen LogP contribution >= 0.6 is 0 Å². The number of benzene rings is 1. The SMILES string of the molecule is CC(=O)Oc1ccc(-c2nc(C)c(C=O)o2)cc1. The van der Waals surface area contributed by atoms with Gasteiger partial charge in [-0.25, -0.2) is 4.98 Å². The number of oxazole rings is 1. The van der Waals surface area contributed by atoms with Crippen LogP contribution in [0, 0.1) is 6.92 Å². The molecule has 0 spiro atoms. The van der Waals surface area contributed by atoms with E-state index in [0.717, 1.165) is 0 Å². The van der Waals surface area contributed by atoms with E-state index < -0.39 is 0 Å². The third-order valence-corrected chi connectivity index (χ3v) is 2.30. The van der Waals surface area contributed by atoms with Gasteiger partial charge in [-0.2, -0.15) is 0 Å². The summed E-state index contributed by atoms with van der Waals surface area (Å²) in [6.07, 6.45) is 0.624. The van der Waals surface area contributed by atoms with Gasteiger partial charge in [-0.05, 0) is 31.2 Å². The summed E-state index contributed by atoms with van der Waals surface area (Å²) in [6, 6.07) is 6.68. The summed E-state index contributed by atoms with van der Waals surface area (Å²) in [7, 11) is 0. The first-order valence-electron chi connectivity index (χ1n) is 5.31. The second-order valence-corrected chi connectivity index (χ2v) is 3.70. The van der Waals surface area contributed by atoms with Gasteiger partial charge in [0.1, 0.15) is 5.75 Å². The highest BCUT2D eigenvalue weighted by atomic mass is 16.5. The molecule has 1 aromatic heterocycles. The van der Waals surface area contributed by atoms with E-state index in [1.807, 2.05) is 0 Å². The number of rotatable bonds is 3. The van der Waals surface area contributed by atoms with E-state index in [0.29, 0.717) is 29.2 Å². The number of aromatic nitrogens is 1. The molecule has 0 saturated carbocycles. The van der Waals surface area contributed by atoms with Crippen molar-refractivity contribution in [3.63, 3.8) is 0 Å². The Morgan fingerprint density at radius 2 is 2.00 bits per heavy atom. The fourth-order valence-corrected chi connectivity index (χ4v) is 1.47. The summed E-state index contributed by atoms with van der Waals surface area (Å²) in [5, 5.41) is 0. The molecule has 0 atom stereocenters. The van der Waals surface area contributed by atoms with Gasteiger partial charge in [0.15, 0.2) is 12.0 Å². The van der Waals surface area contributed by atoms with E-state index in [9.17, 15) is 9.59 Å². The van der Waals surface area contributed by atoms with E-state index in [1.54, 1.807) is 31.2 Å². The zero-order chi connectivity index (χ0) is 13.1. The van der Waals surface area contributed by atoms with Gasteiger partial charge in [-0.3, -0.25) is 9.59 Å². The molecule has 0 amide bonds. The fraction of sp³-hybridized carbons (Fsp3) is 0.154. The second-order valence-electron chi connectivity index (χ2n) is 3.70. The maximum absolute atomic E-state index is 10.8. The number of carbonyl (C=O) groups is 2. The molecule has 0 bridgehead atoms. The van der Waals surface area contributed by atoms with Crippen molar-refractivity contribution in [2.24, 2.45) is 0 Å². The minimum Gasteiger partial charge on any atom is -0.433 e. The van der Waals surface area contributed by atoms with Gasteiger partial charge in [0.2, 0.25) is 5.89 Å². The van der Waals surface area contributed by atoms with E-state index in [2.05, 4.69) is 4.98 Å². The van der Waals surface area contributed by atoms with Crippen LogP contribution in [0.4, 0.5) is 0 Å². The molecule has 2 rings (SSSR count). The molecular weight excluding hydrogens is 234 g/mol. The topological polar surface area (TPSA) is 69.4 Å². The predicted molar refractivity (Wildman–Crippen MR) is 63.4 cm³/mol. The van der Waals surface area contributed by atoms with Gasteiger partial charge in [0, 0.05) is 12.5 Å². The van der Waals surface area contributed by atoms with Crippen molar-refractivity contribution >= 4 is 12.3 Å². The summed E-state index contributed by atoms with van der Waals surface area (Å²) in [4.78, 5) is 25.6. The molecule has 0 aliphatic rings. The summed E-state index contributed by atoms with van der Waals surface area (Å²) < 4.78 is 10.2. The highest BCUT2D eigenvalue weighted by molar-refractivity contribution is 5.73. The summed E-state index contributed by atoms with van der Waals surface area (Å²) in [6.45, 7) is 3.03. The lowest BCUT2D eigenvalue weighted by Gasteiger charge is -2.01. The van der Waals surface area contributed by atoms with Crippen LogP contribution in [0.15, 0.2) is 28.7 Å². The van der Waals surface area contributed by atoms with Gasteiger partial charge in [0.25, 0.3) is 0 Å². The highest BCUT2D eigenvalue weighted by Gasteiger charge is 2.10. The van der Waals surface area contributed by atoms with Crippen molar-refractivity contribution in [3.8, 4) is 17.2 Å². The van der Waals surface area contributed by atoms with Crippen molar-refractivity contribution in [1.29, 1.82) is 0 Å². The van der Waals surface area contributed by atoms with E-state index in [1.165, 1.54) is 6.92 Å². The van der Waals surface area contributed by atoms with Crippen LogP contribution in [0.3, 0.4) is 0 Å². The lowest BCUT2D eigenvalue weighted by Crippen LogP contribution is -2.00. The normalized spacial score (nSPS) is 10.1. The lowest BCUT2D eigenvalue weighted by atomic mass is 10.2. The fourth-order valence-electron chi connectivity index (χ4n) is 1.47. The molecule has 0 saturated heterocycles. The molecule has 5 nitrogen and oxygen atoms in total. The zero-order valence-corrected chi connectivity index (χ0v) is 9.97. The van der Waals surface area contributed by atoms with Gasteiger partial charge >= 0.3 is 5.97 Å². The first-order chi connectivity index (χ1) is 8.60. The summed E-state index contributed by atoms with van der Waals surface area (Å²) in [5.74, 6) is 0.654. The minimum absolute atomic E-state index is 0.217. The summed E-state index contributed by atoms with van der Waals surface area (Å²) in [5.41, 5.74) is 1.26. The number of esters is 1. The standard InChI is InChI=1S/C13H11NO4/c1-8-12(7-15)18-13(14-8)10-3-5-11(6-4-10)17-9(2)16/h3-7H,1-2H3. The Hall–Kier alpha value is -2.43. The molecule has 0 aliphatic carbocycles. The van der Waals surface area contributed by atoms with Crippen molar-refractivity contribution in [2.45, 2.75) is 13.8 Å². The first-order valence-corrected chi connectivity index (χ1v) is 5.31. The molecule has 0 fully saturated rings. The smallest absolute Gasteiger partial charge is 0.308 e. The van der Waals surface area contributed by atoms with E-state index in [-0.39, 0.29) is 11.7 Å². The van der Waals surface area contributed by atoms with E-state index >= 15 is 0 Å². The molecule has 1 aromatic carbocycles. The highest BCUT2D eigenvalue weighted by Crippen LogP contribution is 2.23. The Bertz CT molecular complexity index is 584. The van der Waals surface area contributed by atoms with Crippen LogP contribution in [0.5, 0.6) is 5.75 Å². The van der Waals surface area contributed by atoms with Gasteiger partial charge in [0.05, 0.1) is 5.69 Å². The van der Waals surface area contributed by atoms with Gasteiger partial charge < -0.3 is 9.15 Å². The average Bonchev–Trinajstić information content (AvgIpc) is 2.71. The molecule has 18 heavy (non-hydrogen) atoms. The Kier molecular flexibility index (Phi) is 3.23. The number of nitrogens with zero attached hydrogens (tertiary/aromatic N) is 1. The number of ether oxygens (including phenoxy) is 1. The van der Waals surface area contributed by atoms with Crippen molar-refractivity contribution < 1.29 is 18.7 Å². The van der Waals surface area contributed by atoms with Crippen LogP contribution in [0.2, 0.25) is 0 Å². The number of hydrogen-bond donors (Lipinski definition) is 0. The Morgan fingerprint density at radius 1 is 1.33 bits per heavy atom. The maximum Gasteiger partial charge on any atom is 0.308 e. The lowest BCUT2D eigenvalue weighted by molar-refractivity contribution is -0.131. The number of carbonyl (C=O) groups excluding carboxylic acids is 2. The molecule has 0 N–H and O–H groups in total. The zero-order valence-electron chi connectivity index (χ0n) is 9.97. The largest absolute Gasteiger partial charge is 0.433 e. The monoisotopic (exact) mass is 245 g/mol. The number of aryl methyl sites for hydroxylation is 1. The molecule has 0 radical (unpaired) electrons. The Balaban J connectivity index is 2.28. The maximum atomic E-state index is 10.8. The third kappa shape index (κ3) is 2.45. The van der Waals surface area contributed by atoms with Crippen molar-refractivity contribution in [2.75, 3.05) is 0 Å². The number of hydrogen-bond acceptors (Lipinski definition) is 5. The van der Waals surface area contributed by atoms with E-state index in [4.69, 9.17) is 9.15 Å². The van der Waals surface area contributed by atoms with Crippen molar-refractivity contribution in [1.82, 2.24) is 4.98 Å². The van der Waals surface area contributed by atoms with Crippen LogP contribution in [0.25, 0.3) is 11.5 Å². The van der Waals surface area contributed by atoms with Crippen LogP contribution in [-0.4, -0.2) is 17.2 Å².